The molecule has 0 bridgehead atoms. The van der Waals surface area contributed by atoms with Crippen LogP contribution in [0.25, 0.3) is 0 Å². The smallest absolute Gasteiger partial charge is 0.310 e. The van der Waals surface area contributed by atoms with Gasteiger partial charge in [-0.2, -0.15) is 5.10 Å². The van der Waals surface area contributed by atoms with E-state index in [-0.39, 0.29) is 16.6 Å². The van der Waals surface area contributed by atoms with Gasteiger partial charge in [0.2, 0.25) is 0 Å². The number of nitrogens with one attached hydrogen (secondary N) is 1. The summed E-state index contributed by atoms with van der Waals surface area (Å²) in [6.07, 6.45) is 3.88. The molecule has 1 aromatic heterocycles. The van der Waals surface area contributed by atoms with Crippen molar-refractivity contribution in [1.82, 2.24) is 14.8 Å². The summed E-state index contributed by atoms with van der Waals surface area (Å²) in [6, 6.07) is 4.17. The van der Waals surface area contributed by atoms with E-state index in [2.05, 4.69) is 15.4 Å². The number of aryl methyl sites for hydroxylation is 1. The number of nitro groups is 1. The fourth-order valence-electron chi connectivity index (χ4n) is 2.70. The molecule has 2 heterocycles. The molecular formula is C13H15N5O4S. The van der Waals surface area contributed by atoms with Crippen molar-refractivity contribution < 1.29 is 13.3 Å². The van der Waals surface area contributed by atoms with Gasteiger partial charge in [-0.25, -0.2) is 18.1 Å². The second-order valence-electron chi connectivity index (χ2n) is 5.42. The number of benzene rings is 1. The van der Waals surface area contributed by atoms with E-state index < -0.39 is 20.4 Å². The average Bonchev–Trinajstić information content (AvgIpc) is 2.93. The summed E-state index contributed by atoms with van der Waals surface area (Å²) in [5, 5.41) is 18.5. The van der Waals surface area contributed by atoms with Crippen molar-refractivity contribution in [2.75, 3.05) is 11.6 Å². The predicted octanol–water partition coefficient (Wildman–Crippen LogP) is 1.02. The summed E-state index contributed by atoms with van der Waals surface area (Å²) >= 11 is 0. The molecule has 0 saturated carbocycles. The van der Waals surface area contributed by atoms with Crippen LogP contribution in [0.1, 0.15) is 12.2 Å². The highest BCUT2D eigenvalue weighted by molar-refractivity contribution is 7.90. The number of hydrogen-bond acceptors (Lipinski definition) is 7. The lowest BCUT2D eigenvalue weighted by atomic mass is 10.1. The van der Waals surface area contributed by atoms with Crippen molar-refractivity contribution in [3.05, 3.63) is 40.5 Å². The molecule has 23 heavy (non-hydrogen) atoms. The second kappa shape index (κ2) is 5.61. The van der Waals surface area contributed by atoms with E-state index in [1.54, 1.807) is 4.68 Å². The van der Waals surface area contributed by atoms with E-state index in [1.165, 1.54) is 24.5 Å². The molecule has 0 saturated heterocycles. The Labute approximate surface area is 132 Å². The minimum Gasteiger partial charge on any atom is -0.375 e. The summed E-state index contributed by atoms with van der Waals surface area (Å²) in [5.41, 5.74) is -0.217. The van der Waals surface area contributed by atoms with Crippen LogP contribution in [0.15, 0.2) is 29.4 Å². The maximum atomic E-state index is 11.8. The van der Waals surface area contributed by atoms with E-state index in [0.717, 1.165) is 18.5 Å². The Morgan fingerprint density at radius 2 is 2.22 bits per heavy atom. The Kier molecular flexibility index (Phi) is 3.76. The van der Waals surface area contributed by atoms with Crippen molar-refractivity contribution in [1.29, 1.82) is 0 Å². The van der Waals surface area contributed by atoms with Crippen LogP contribution in [0.4, 0.5) is 11.4 Å². The molecule has 0 aliphatic carbocycles. The number of nitro benzene ring substituents is 1. The molecule has 1 unspecified atom stereocenters. The van der Waals surface area contributed by atoms with E-state index in [9.17, 15) is 18.5 Å². The number of nitrogens with zero attached hydrogens (tertiary/aromatic N) is 4. The van der Waals surface area contributed by atoms with Gasteiger partial charge in [0.1, 0.15) is 22.7 Å². The van der Waals surface area contributed by atoms with Crippen LogP contribution in [0.3, 0.4) is 0 Å². The van der Waals surface area contributed by atoms with E-state index in [0.29, 0.717) is 13.0 Å². The Morgan fingerprint density at radius 1 is 1.43 bits per heavy atom. The highest BCUT2D eigenvalue weighted by Gasteiger charge is 2.28. The SMILES string of the molecule is CS(=O)(=O)c1cccc(NC2CCc3ncnn3C2)c1[N+](=O)[O-]. The van der Waals surface area contributed by atoms with Crippen LogP contribution >= 0.6 is 0 Å². The molecule has 0 amide bonds. The molecule has 0 fully saturated rings. The normalized spacial score (nSPS) is 17.5. The van der Waals surface area contributed by atoms with Gasteiger partial charge in [0.05, 0.1) is 11.5 Å². The zero-order chi connectivity index (χ0) is 16.6. The maximum Gasteiger partial charge on any atom is 0.310 e. The van der Waals surface area contributed by atoms with Gasteiger partial charge < -0.3 is 5.32 Å². The summed E-state index contributed by atoms with van der Waals surface area (Å²) < 4.78 is 25.3. The summed E-state index contributed by atoms with van der Waals surface area (Å²) in [4.78, 5) is 14.5. The van der Waals surface area contributed by atoms with Crippen molar-refractivity contribution in [2.45, 2.75) is 30.3 Å². The third-order valence-corrected chi connectivity index (χ3v) is 4.87. The van der Waals surface area contributed by atoms with Crippen molar-refractivity contribution in [3.63, 3.8) is 0 Å². The molecular weight excluding hydrogens is 322 g/mol. The van der Waals surface area contributed by atoms with E-state index in [4.69, 9.17) is 0 Å². The van der Waals surface area contributed by atoms with Crippen LogP contribution in [0.2, 0.25) is 0 Å². The minimum atomic E-state index is -3.69. The second-order valence-corrected chi connectivity index (χ2v) is 7.40. The highest BCUT2D eigenvalue weighted by atomic mass is 32.2. The predicted molar refractivity (Wildman–Crippen MR) is 82.0 cm³/mol. The van der Waals surface area contributed by atoms with Crippen LogP contribution in [0.5, 0.6) is 0 Å². The number of sulfone groups is 1. The fraction of sp³-hybridized carbons (Fsp3) is 0.385. The van der Waals surface area contributed by atoms with Gasteiger partial charge in [-0.1, -0.05) is 6.07 Å². The third kappa shape index (κ3) is 3.02. The van der Waals surface area contributed by atoms with Gasteiger partial charge >= 0.3 is 5.69 Å². The van der Waals surface area contributed by atoms with Crippen LogP contribution in [0, 0.1) is 10.1 Å². The topological polar surface area (TPSA) is 120 Å². The fourth-order valence-corrected chi connectivity index (χ4v) is 3.56. The molecule has 122 valence electrons. The van der Waals surface area contributed by atoms with Gasteiger partial charge in [0.25, 0.3) is 0 Å². The lowest BCUT2D eigenvalue weighted by Gasteiger charge is -2.24. The molecule has 1 atom stereocenters. The first kappa shape index (κ1) is 15.4. The molecule has 1 aliphatic rings. The van der Waals surface area contributed by atoms with Crippen molar-refractivity contribution in [3.8, 4) is 0 Å². The Bertz CT molecular complexity index is 861. The first-order chi connectivity index (χ1) is 10.9. The summed E-state index contributed by atoms with van der Waals surface area (Å²) in [5.74, 6) is 0.877. The molecule has 1 aromatic carbocycles. The molecule has 1 aliphatic heterocycles. The Hall–Kier alpha value is -2.49. The molecule has 10 heteroatoms. The first-order valence-corrected chi connectivity index (χ1v) is 8.86. The van der Waals surface area contributed by atoms with Crippen LogP contribution in [-0.4, -0.2) is 40.4 Å². The number of fused-ring (bicyclic) bond motifs is 1. The standard InChI is InChI=1S/C13H15N5O4S/c1-23(21,22)11-4-2-3-10(13(11)18(19)20)16-9-5-6-12-14-8-15-17(12)7-9/h2-4,8-9,16H,5-7H2,1H3. The van der Waals surface area contributed by atoms with Crippen molar-refractivity contribution in [2.24, 2.45) is 0 Å². The molecule has 0 spiro atoms. The van der Waals surface area contributed by atoms with Gasteiger partial charge in [-0.15, -0.1) is 0 Å². The lowest BCUT2D eigenvalue weighted by Crippen LogP contribution is -2.32. The minimum absolute atomic E-state index is 0.0855. The van der Waals surface area contributed by atoms with Crippen LogP contribution < -0.4 is 5.32 Å². The number of aromatic nitrogens is 3. The number of para-hydroxylation sites is 1. The van der Waals surface area contributed by atoms with Gasteiger partial charge in [-0.3, -0.25) is 10.1 Å². The highest BCUT2D eigenvalue weighted by Crippen LogP contribution is 2.33. The number of anilines is 1. The molecule has 9 nitrogen and oxygen atoms in total. The molecule has 2 aromatic rings. The lowest BCUT2D eigenvalue weighted by molar-refractivity contribution is -0.386. The van der Waals surface area contributed by atoms with E-state index >= 15 is 0 Å². The third-order valence-electron chi connectivity index (χ3n) is 3.75. The van der Waals surface area contributed by atoms with Crippen LogP contribution in [-0.2, 0) is 22.8 Å². The largest absolute Gasteiger partial charge is 0.375 e. The Balaban J connectivity index is 1.93. The van der Waals surface area contributed by atoms with Gasteiger partial charge in [0.15, 0.2) is 9.84 Å². The maximum absolute atomic E-state index is 11.8. The summed E-state index contributed by atoms with van der Waals surface area (Å²) in [6.45, 7) is 0.523. The monoisotopic (exact) mass is 337 g/mol. The Morgan fingerprint density at radius 3 is 2.91 bits per heavy atom. The first-order valence-electron chi connectivity index (χ1n) is 6.97. The zero-order valence-corrected chi connectivity index (χ0v) is 13.2. The molecule has 3 rings (SSSR count). The number of hydrogen-bond donors (Lipinski definition) is 1. The summed E-state index contributed by atoms with van der Waals surface area (Å²) in [7, 11) is -3.69. The van der Waals surface area contributed by atoms with Gasteiger partial charge in [0, 0.05) is 18.7 Å². The zero-order valence-electron chi connectivity index (χ0n) is 12.3. The average molecular weight is 337 g/mol. The quantitative estimate of drug-likeness (QED) is 0.653. The molecule has 0 radical (unpaired) electrons. The number of rotatable bonds is 4. The van der Waals surface area contributed by atoms with E-state index in [1.807, 2.05) is 0 Å². The van der Waals surface area contributed by atoms with Crippen molar-refractivity contribution >= 4 is 21.2 Å². The van der Waals surface area contributed by atoms with Gasteiger partial charge in [-0.05, 0) is 18.6 Å². The molecule has 1 N–H and O–H groups in total.